The minimum absolute atomic E-state index is 0.00769. The van der Waals surface area contributed by atoms with Crippen LogP contribution in [0, 0.1) is 0 Å². The average molecular weight is 1250 g/mol. The Morgan fingerprint density at radius 2 is 0.846 bits per heavy atom. The summed E-state index contributed by atoms with van der Waals surface area (Å²) in [4.78, 5) is 45.6. The van der Waals surface area contributed by atoms with Crippen molar-refractivity contribution in [3.63, 3.8) is 0 Å². The van der Waals surface area contributed by atoms with Gasteiger partial charge in [-0.25, -0.2) is 9.97 Å². The predicted octanol–water partition coefficient (Wildman–Crippen LogP) is 9.17. The molecule has 0 unspecified atom stereocenters. The van der Waals surface area contributed by atoms with Gasteiger partial charge < -0.3 is 82.1 Å². The molecule has 5 heterocycles. The van der Waals surface area contributed by atoms with E-state index in [1.807, 2.05) is 121 Å². The van der Waals surface area contributed by atoms with E-state index in [1.54, 1.807) is 51.9 Å². The first kappa shape index (κ1) is 70.8. The van der Waals surface area contributed by atoms with E-state index in [1.165, 1.54) is 44.9 Å². The average Bonchev–Trinajstić information content (AvgIpc) is 3.75. The number of aromatic nitrogens is 3. The normalized spacial score (nSPS) is 10.9. The van der Waals surface area contributed by atoms with Crippen LogP contribution in [0.5, 0.6) is 57.8 Å². The quantitative estimate of drug-likeness (QED) is 0.0390. The highest BCUT2D eigenvalue weighted by Gasteiger charge is 2.15. The molecule has 6 N–H and O–H groups in total. The van der Waals surface area contributed by atoms with Gasteiger partial charge in [-0.05, 0) is 46.4 Å². The smallest absolute Gasteiger partial charge is 0.227 e. The van der Waals surface area contributed by atoms with Crippen LogP contribution in [0.15, 0.2) is 225 Å². The third-order valence-electron chi connectivity index (χ3n) is 12.1. The zero-order chi connectivity index (χ0) is 65.6. The monoisotopic (exact) mass is 1250 g/mol. The number of ketones is 1. The molecule has 0 atom stereocenters. The zero-order valence-electron chi connectivity index (χ0n) is 50.6. The number of carbonyl (C=O) groups excluding carboxylic acids is 1. The van der Waals surface area contributed by atoms with E-state index in [-0.39, 0.29) is 60.7 Å². The van der Waals surface area contributed by atoms with Crippen molar-refractivity contribution in [2.24, 2.45) is 0 Å². The first-order chi connectivity index (χ1) is 44.3. The van der Waals surface area contributed by atoms with Crippen molar-refractivity contribution in [2.45, 2.75) is 52.7 Å². The molecule has 91 heavy (non-hydrogen) atoms. The van der Waals surface area contributed by atoms with E-state index >= 15 is 0 Å². The number of rotatable bonds is 21. The van der Waals surface area contributed by atoms with Crippen molar-refractivity contribution >= 4 is 5.78 Å². The molecule has 0 spiro atoms. The van der Waals surface area contributed by atoms with E-state index in [9.17, 15) is 14.4 Å². The zero-order valence-corrected chi connectivity index (χ0v) is 50.6. The lowest BCUT2D eigenvalue weighted by Crippen LogP contribution is -2.10. The van der Waals surface area contributed by atoms with Crippen LogP contribution < -0.4 is 48.8 Å². The number of hydrogen-bond acceptors (Lipinski definition) is 23. The number of hydrogen-bond donors (Lipinski definition) is 6. The lowest BCUT2D eigenvalue weighted by atomic mass is 10.0. The number of ether oxygens (including phenoxy) is 9. The maximum atomic E-state index is 11.6. The summed E-state index contributed by atoms with van der Waals surface area (Å²) in [7, 11) is 7.68. The van der Waals surface area contributed by atoms with Gasteiger partial charge in [-0.3, -0.25) is 19.4 Å². The van der Waals surface area contributed by atoms with Gasteiger partial charge in [0.2, 0.25) is 34.2 Å². The SMILES string of the molecule is COc1cc(CO)ncc1OCc1ccccc1.COc1cc(OC)c(O)cn1.COc1cc(OC)c(OCc2ccccc2)cn1.O=C1C=C(CO)CC=C1OCc1ccccc1.O=c1cc(CO)occ1O.O=c1cc(CO)occ1OCc1ccccc1. The lowest BCUT2D eigenvalue weighted by molar-refractivity contribution is -0.115. The Hall–Kier alpha value is -11.0. The molecule has 5 aromatic heterocycles. The molecule has 0 saturated heterocycles. The van der Waals surface area contributed by atoms with Gasteiger partial charge in [-0.1, -0.05) is 121 Å². The molecule has 1 aliphatic rings. The van der Waals surface area contributed by atoms with E-state index in [0.29, 0.717) is 84.8 Å². The van der Waals surface area contributed by atoms with Gasteiger partial charge in [-0.2, -0.15) is 0 Å². The number of aliphatic hydroxyl groups is 4. The Kier molecular flexibility index (Phi) is 30.9. The van der Waals surface area contributed by atoms with Gasteiger partial charge >= 0.3 is 0 Å². The molecule has 23 nitrogen and oxygen atoms in total. The fourth-order valence-corrected chi connectivity index (χ4v) is 7.27. The molecule has 4 aromatic carbocycles. The lowest BCUT2D eigenvalue weighted by Gasteiger charge is -2.12. The molecule has 0 radical (unpaired) electrons. The highest BCUT2D eigenvalue weighted by Crippen LogP contribution is 2.31. The third kappa shape index (κ3) is 25.0. The highest BCUT2D eigenvalue weighted by molar-refractivity contribution is 6.03. The number of allylic oxidation sites excluding steroid dienone is 2. The highest BCUT2D eigenvalue weighted by atomic mass is 16.5. The van der Waals surface area contributed by atoms with Gasteiger partial charge in [0.25, 0.3) is 0 Å². The number of aromatic hydroxyl groups is 2. The topological polar surface area (TPSA) is 321 Å². The maximum absolute atomic E-state index is 11.6. The van der Waals surface area contributed by atoms with Crippen molar-refractivity contribution < 1.29 is 86.9 Å². The Balaban J connectivity index is 0.000000201. The van der Waals surface area contributed by atoms with Crippen molar-refractivity contribution in [1.29, 1.82) is 0 Å². The largest absolute Gasteiger partial charge is 0.503 e. The van der Waals surface area contributed by atoms with Crippen LogP contribution >= 0.6 is 0 Å². The van der Waals surface area contributed by atoms with Crippen LogP contribution in [0.1, 0.15) is 45.9 Å². The van der Waals surface area contributed by atoms with E-state index < -0.39 is 11.2 Å². The summed E-state index contributed by atoms with van der Waals surface area (Å²) in [6.07, 6.45) is 10.3. The molecule has 0 saturated carbocycles. The molecule has 0 aliphatic heterocycles. The Labute approximate surface area is 524 Å². The number of nitrogens with zero attached hydrogens (tertiary/aromatic N) is 3. The van der Waals surface area contributed by atoms with Crippen molar-refractivity contribution in [3.8, 4) is 57.8 Å². The molecule has 0 amide bonds. The second kappa shape index (κ2) is 39.7. The fraction of sp³-hybridized carbons (Fsp3) is 0.206. The first-order valence-corrected chi connectivity index (χ1v) is 27.6. The number of pyridine rings is 3. The van der Waals surface area contributed by atoms with Crippen molar-refractivity contribution in [3.05, 3.63) is 266 Å². The van der Waals surface area contributed by atoms with Crippen molar-refractivity contribution in [1.82, 2.24) is 15.0 Å². The van der Waals surface area contributed by atoms with Gasteiger partial charge in [0.05, 0.1) is 73.0 Å². The standard InChI is InChI=1S/2C14H15NO3.C14H14O3.C13H12O4.C7H9NO3.C6H6O4/c1-16-12-8-14(17-2)15-9-13(12)18-10-11-6-4-3-5-7-11;1-17-13-7-12(9-16)15-8-14(13)18-10-11-5-3-2-4-6-11;15-9-12-6-7-14(13(16)8-12)17-10-11-4-2-1-3-5-11;14-7-11-6-12(15)13(9-16-11)17-8-10-4-2-1-3-5-10;1-10-6-3-7(11-2)8-4-5(6)9;7-2-4-1-5(8)6(9)3-10-4/h3-9H,10H2,1-2H3;2-8,16H,9-10H2,1H3;1-5,7-8,15H,6,9-10H2;1-6,9,14H,7-8H2;3-4,9H,1-2H3;1,3,7,9H,2H2. The van der Waals surface area contributed by atoms with Gasteiger partial charge in [0.15, 0.2) is 46.0 Å². The van der Waals surface area contributed by atoms with E-state index in [2.05, 4.69) is 19.4 Å². The van der Waals surface area contributed by atoms with Crippen LogP contribution in [0.4, 0.5) is 0 Å². The van der Waals surface area contributed by atoms with Gasteiger partial charge in [0.1, 0.15) is 63.7 Å². The molecule has 0 fully saturated rings. The van der Waals surface area contributed by atoms with Crippen LogP contribution in [-0.4, -0.2) is 93.5 Å². The predicted molar refractivity (Wildman–Crippen MR) is 333 cm³/mol. The number of benzene rings is 4. The molecular formula is C68H71N3O20. The summed E-state index contributed by atoms with van der Waals surface area (Å²) in [5.41, 5.74) is 4.60. The maximum Gasteiger partial charge on any atom is 0.227 e. The number of aliphatic hydroxyl groups excluding tert-OH is 4. The summed E-state index contributed by atoms with van der Waals surface area (Å²) in [5, 5.41) is 52.9. The summed E-state index contributed by atoms with van der Waals surface area (Å²) in [5.74, 6) is 3.89. The van der Waals surface area contributed by atoms with Crippen LogP contribution in [-0.2, 0) is 55.8 Å². The Morgan fingerprint density at radius 1 is 0.418 bits per heavy atom. The summed E-state index contributed by atoms with van der Waals surface area (Å²) in [6, 6.07) is 46.1. The minimum Gasteiger partial charge on any atom is -0.503 e. The number of methoxy groups -OCH3 is 5. The molecule has 1 aliphatic carbocycles. The number of carbonyl (C=O) groups is 1. The van der Waals surface area contributed by atoms with E-state index in [4.69, 9.17) is 77.7 Å². The third-order valence-corrected chi connectivity index (χ3v) is 12.1. The van der Waals surface area contributed by atoms with E-state index in [0.717, 1.165) is 40.2 Å². The van der Waals surface area contributed by atoms with Crippen LogP contribution in [0.2, 0.25) is 0 Å². The Bertz CT molecular complexity index is 3680. The van der Waals surface area contributed by atoms with Crippen LogP contribution in [0.3, 0.4) is 0 Å². The molecule has 23 heteroatoms. The first-order valence-electron chi connectivity index (χ1n) is 27.6. The minimum atomic E-state index is -0.546. The van der Waals surface area contributed by atoms with Gasteiger partial charge in [0, 0.05) is 30.3 Å². The summed E-state index contributed by atoms with van der Waals surface area (Å²) in [6.45, 7) is 0.806. The molecular weight excluding hydrogens is 1180 g/mol. The molecule has 9 aromatic rings. The molecule has 10 rings (SSSR count). The summed E-state index contributed by atoms with van der Waals surface area (Å²) < 4.78 is 56.8. The van der Waals surface area contributed by atoms with Gasteiger partial charge in [-0.15, -0.1) is 0 Å². The summed E-state index contributed by atoms with van der Waals surface area (Å²) >= 11 is 0. The fourth-order valence-electron chi connectivity index (χ4n) is 7.27. The Morgan fingerprint density at radius 3 is 1.27 bits per heavy atom. The molecule has 478 valence electrons. The van der Waals surface area contributed by atoms with Crippen LogP contribution in [0.25, 0.3) is 0 Å². The second-order valence-electron chi connectivity index (χ2n) is 18.4. The van der Waals surface area contributed by atoms with Crippen molar-refractivity contribution in [2.75, 3.05) is 42.2 Å². The molecule has 0 bridgehead atoms. The second-order valence-corrected chi connectivity index (χ2v) is 18.4.